The zero-order valence-corrected chi connectivity index (χ0v) is 11.6. The maximum atomic E-state index is 2.49. The van der Waals surface area contributed by atoms with E-state index in [1.54, 1.807) is 16.0 Å². The van der Waals surface area contributed by atoms with Crippen LogP contribution in [0, 0.1) is 6.92 Å². The van der Waals surface area contributed by atoms with Gasteiger partial charge in [-0.25, -0.2) is 0 Å². The number of rotatable bonds is 1. The fraction of sp³-hybridized carbons (Fsp3) is 0.600. The van der Waals surface area contributed by atoms with Gasteiger partial charge in [-0.05, 0) is 13.0 Å². The Morgan fingerprint density at radius 1 is 1.17 bits per heavy atom. The Hall–Kier alpha value is -0.900. The zero-order valence-electron chi connectivity index (χ0n) is 11.6. The minimum absolute atomic E-state index is 0.724. The summed E-state index contributed by atoms with van der Waals surface area (Å²) >= 11 is 0. The minimum Gasteiger partial charge on any atom is -0.337 e. The highest BCUT2D eigenvalue weighted by atomic mass is 15.3. The minimum atomic E-state index is 0.724. The molecule has 2 aliphatic rings. The second-order valence-corrected chi connectivity index (χ2v) is 6.10. The molecule has 3 nitrogen and oxygen atoms in total. The summed E-state index contributed by atoms with van der Waals surface area (Å²) in [6.45, 7) is 9.98. The molecule has 98 valence electrons. The molecule has 0 saturated carbocycles. The van der Waals surface area contributed by atoms with Crippen LogP contribution >= 0.6 is 0 Å². The van der Waals surface area contributed by atoms with E-state index in [2.05, 4.69) is 37.5 Å². The number of quaternary nitrogens is 3. The molecular weight excluding hydrogens is 222 g/mol. The molecule has 1 aromatic rings. The molecule has 1 saturated heterocycles. The fourth-order valence-corrected chi connectivity index (χ4v) is 3.49. The highest BCUT2D eigenvalue weighted by Crippen LogP contribution is 2.18. The lowest BCUT2D eigenvalue weighted by molar-refractivity contribution is -1.03. The smallest absolute Gasteiger partial charge is 0.163 e. The molecule has 0 amide bonds. The van der Waals surface area contributed by atoms with Crippen molar-refractivity contribution in [3.05, 3.63) is 34.9 Å². The van der Waals surface area contributed by atoms with Gasteiger partial charge in [-0.3, -0.25) is 0 Å². The number of nitrogens with one attached hydrogen (secondary N) is 2. The molecule has 0 bridgehead atoms. The van der Waals surface area contributed by atoms with Crippen LogP contribution in [0.5, 0.6) is 0 Å². The van der Waals surface area contributed by atoms with Crippen molar-refractivity contribution in [1.82, 2.24) is 0 Å². The fourth-order valence-electron chi connectivity index (χ4n) is 3.49. The lowest BCUT2D eigenvalue weighted by Gasteiger charge is -2.35. The Morgan fingerprint density at radius 3 is 2.72 bits per heavy atom. The molecule has 1 atom stereocenters. The second-order valence-electron chi connectivity index (χ2n) is 6.10. The number of benzene rings is 1. The van der Waals surface area contributed by atoms with E-state index < -0.39 is 0 Å². The van der Waals surface area contributed by atoms with Gasteiger partial charge in [0.05, 0.1) is 7.05 Å². The van der Waals surface area contributed by atoms with Gasteiger partial charge in [-0.15, -0.1) is 0 Å². The third kappa shape index (κ3) is 2.30. The molecule has 1 aromatic carbocycles. The monoisotopic (exact) mass is 248 g/mol. The topological polar surface area (TPSA) is 25.5 Å². The molecule has 18 heavy (non-hydrogen) atoms. The summed E-state index contributed by atoms with van der Waals surface area (Å²) in [6, 6.07) is 7.76. The van der Waals surface area contributed by atoms with Crippen molar-refractivity contribution in [2.75, 3.05) is 39.8 Å². The lowest BCUT2D eigenvalue weighted by atomic mass is 9.93. The predicted octanol–water partition coefficient (Wildman–Crippen LogP) is -2.47. The average Bonchev–Trinajstić information content (AvgIpc) is 2.39. The quantitative estimate of drug-likeness (QED) is 0.491. The summed E-state index contributed by atoms with van der Waals surface area (Å²) in [7, 11) is 2.32. The first-order valence-electron chi connectivity index (χ1n) is 7.31. The van der Waals surface area contributed by atoms with Crippen molar-refractivity contribution < 1.29 is 15.1 Å². The van der Waals surface area contributed by atoms with Gasteiger partial charge >= 0.3 is 0 Å². The van der Waals surface area contributed by atoms with Crippen LogP contribution in [0.1, 0.15) is 22.7 Å². The first kappa shape index (κ1) is 12.2. The number of likely N-dealkylation sites (N-methyl/N-ethyl adjacent to an activating group) is 1. The molecule has 4 N–H and O–H groups in total. The second kappa shape index (κ2) is 5.00. The van der Waals surface area contributed by atoms with Crippen LogP contribution in [-0.2, 0) is 6.54 Å². The Labute approximate surface area is 110 Å². The Balaban J connectivity index is 1.84. The van der Waals surface area contributed by atoms with Gasteiger partial charge in [-0.2, -0.15) is 0 Å². The molecule has 2 heterocycles. The number of fused-ring (bicyclic) bond motifs is 1. The normalized spacial score (nSPS) is 32.0. The summed E-state index contributed by atoms with van der Waals surface area (Å²) in [5.41, 5.74) is 4.61. The predicted molar refractivity (Wildman–Crippen MR) is 71.7 cm³/mol. The molecule has 2 aliphatic heterocycles. The van der Waals surface area contributed by atoms with Crippen molar-refractivity contribution in [1.29, 1.82) is 0 Å². The maximum Gasteiger partial charge on any atom is 0.163 e. The maximum absolute atomic E-state index is 2.49. The van der Waals surface area contributed by atoms with E-state index in [9.17, 15) is 0 Å². The molecule has 0 spiro atoms. The van der Waals surface area contributed by atoms with Crippen molar-refractivity contribution in [2.45, 2.75) is 19.5 Å². The summed E-state index contributed by atoms with van der Waals surface area (Å²) in [4.78, 5) is 3.51. The molecule has 0 unspecified atom stereocenters. The highest BCUT2D eigenvalue weighted by Gasteiger charge is 2.34. The largest absolute Gasteiger partial charge is 0.337 e. The Bertz CT molecular complexity index is 422. The number of aryl methyl sites for hydroxylation is 1. The SMILES string of the molecule is Cc1ccc2c(c1)[C@@H]([NH+]1CC[NH+](C)CC1)C[NH2+]C2. The number of piperazine rings is 1. The van der Waals surface area contributed by atoms with Gasteiger partial charge in [-0.1, -0.05) is 17.7 Å². The molecule has 3 heteroatoms. The van der Waals surface area contributed by atoms with E-state index in [4.69, 9.17) is 0 Å². The molecule has 0 radical (unpaired) electrons. The molecular formula is C15H26N3+3. The van der Waals surface area contributed by atoms with Gasteiger partial charge < -0.3 is 15.1 Å². The van der Waals surface area contributed by atoms with Crippen LogP contribution in [0.3, 0.4) is 0 Å². The first-order chi connectivity index (χ1) is 8.74. The van der Waals surface area contributed by atoms with Gasteiger partial charge in [0.2, 0.25) is 0 Å². The third-order valence-electron chi connectivity index (χ3n) is 4.68. The van der Waals surface area contributed by atoms with Crippen LogP contribution in [0.2, 0.25) is 0 Å². The number of hydrogen-bond donors (Lipinski definition) is 3. The highest BCUT2D eigenvalue weighted by molar-refractivity contribution is 5.33. The molecule has 3 rings (SSSR count). The summed E-state index contributed by atoms with van der Waals surface area (Å²) < 4.78 is 0. The van der Waals surface area contributed by atoms with Gasteiger partial charge in [0.15, 0.2) is 6.04 Å². The van der Waals surface area contributed by atoms with Crippen molar-refractivity contribution in [3.8, 4) is 0 Å². The van der Waals surface area contributed by atoms with Crippen LogP contribution in [0.15, 0.2) is 18.2 Å². The Kier molecular flexibility index (Phi) is 3.37. The van der Waals surface area contributed by atoms with Gasteiger partial charge in [0.25, 0.3) is 0 Å². The van der Waals surface area contributed by atoms with E-state index in [0.717, 1.165) is 6.04 Å². The summed E-state index contributed by atoms with van der Waals surface area (Å²) in [6.07, 6.45) is 0. The van der Waals surface area contributed by atoms with Gasteiger partial charge in [0, 0.05) is 11.1 Å². The molecule has 1 fully saturated rings. The van der Waals surface area contributed by atoms with E-state index in [-0.39, 0.29) is 0 Å². The van der Waals surface area contributed by atoms with Crippen molar-refractivity contribution in [3.63, 3.8) is 0 Å². The lowest BCUT2D eigenvalue weighted by Crippen LogP contribution is -3.28. The Morgan fingerprint density at radius 2 is 1.94 bits per heavy atom. The molecule has 0 aliphatic carbocycles. The summed E-state index contributed by atoms with van der Waals surface area (Å²) in [5, 5.41) is 2.49. The van der Waals surface area contributed by atoms with Crippen LogP contribution in [0.4, 0.5) is 0 Å². The average molecular weight is 248 g/mol. The van der Waals surface area contributed by atoms with E-state index in [1.165, 1.54) is 44.8 Å². The van der Waals surface area contributed by atoms with E-state index >= 15 is 0 Å². The first-order valence-corrected chi connectivity index (χ1v) is 7.31. The van der Waals surface area contributed by atoms with Crippen LogP contribution < -0.4 is 15.1 Å². The van der Waals surface area contributed by atoms with E-state index in [0.29, 0.717) is 0 Å². The molecule has 0 aromatic heterocycles. The number of nitrogens with two attached hydrogens (primary N) is 1. The summed E-state index contributed by atoms with van der Waals surface area (Å²) in [5.74, 6) is 0. The van der Waals surface area contributed by atoms with Gasteiger partial charge in [0.1, 0.15) is 39.3 Å². The van der Waals surface area contributed by atoms with Crippen LogP contribution in [0.25, 0.3) is 0 Å². The van der Waals surface area contributed by atoms with Crippen molar-refractivity contribution >= 4 is 0 Å². The van der Waals surface area contributed by atoms with Crippen LogP contribution in [-0.4, -0.2) is 39.8 Å². The standard InChI is InChI=1S/C15H23N3/c1-12-3-4-13-10-16-11-15(14(13)9-12)18-7-5-17(2)6-8-18/h3-4,9,15-16H,5-8,10-11H2,1-2H3/p+3/t15-/m0/s1. The third-order valence-corrected chi connectivity index (χ3v) is 4.68. The van der Waals surface area contributed by atoms with E-state index in [1.807, 2.05) is 4.90 Å². The van der Waals surface area contributed by atoms with Crippen molar-refractivity contribution in [2.24, 2.45) is 0 Å². The zero-order chi connectivity index (χ0) is 12.5. The number of hydrogen-bond acceptors (Lipinski definition) is 0.